The smallest absolute Gasteiger partial charge is 0.330 e. The van der Waals surface area contributed by atoms with Crippen molar-refractivity contribution >= 4 is 0 Å². The van der Waals surface area contributed by atoms with Crippen LogP contribution >= 0.6 is 0 Å². The van der Waals surface area contributed by atoms with Gasteiger partial charge in [0.25, 0.3) is 0 Å². The van der Waals surface area contributed by atoms with E-state index < -0.39 is 18.6 Å². The van der Waals surface area contributed by atoms with Crippen molar-refractivity contribution in [2.75, 3.05) is 0 Å². The van der Waals surface area contributed by atoms with Gasteiger partial charge in [-0.25, -0.2) is 4.98 Å². The summed E-state index contributed by atoms with van der Waals surface area (Å²) < 4.78 is 38.5. The molecule has 1 aromatic rings. The van der Waals surface area contributed by atoms with Crippen LogP contribution < -0.4 is 5.73 Å². The van der Waals surface area contributed by atoms with E-state index in [2.05, 4.69) is 4.98 Å². The van der Waals surface area contributed by atoms with Gasteiger partial charge >= 0.3 is 6.18 Å². The summed E-state index contributed by atoms with van der Waals surface area (Å²) in [5.74, 6) is 0.156. The lowest BCUT2D eigenvalue weighted by Crippen LogP contribution is -2.24. The summed E-state index contributed by atoms with van der Waals surface area (Å²) in [5.41, 5.74) is 6.59. The Morgan fingerprint density at radius 1 is 1.35 bits per heavy atom. The van der Waals surface area contributed by atoms with Crippen molar-refractivity contribution in [3.8, 4) is 0 Å². The highest BCUT2D eigenvalue weighted by atomic mass is 19.4. The highest BCUT2D eigenvalue weighted by Crippen LogP contribution is 2.30. The Bertz CT molecular complexity index is 357. The predicted octanol–water partition coefficient (Wildman–Crippen LogP) is 3.05. The van der Waals surface area contributed by atoms with Gasteiger partial charge in [0, 0.05) is 18.3 Å². The highest BCUT2D eigenvalue weighted by molar-refractivity contribution is 5.07. The van der Waals surface area contributed by atoms with Gasteiger partial charge in [-0.15, -0.1) is 0 Å². The molecule has 0 radical (unpaired) electrons. The first-order valence-corrected chi connectivity index (χ1v) is 5.56. The summed E-state index contributed by atoms with van der Waals surface area (Å²) in [6.45, 7) is 5.37. The molecular formula is C11H18F3N3. The fourth-order valence-electron chi connectivity index (χ4n) is 1.72. The molecule has 98 valence electrons. The lowest BCUT2D eigenvalue weighted by atomic mass is 10.0. The highest BCUT2D eigenvalue weighted by Gasteiger charge is 2.31. The molecule has 0 aromatic carbocycles. The van der Waals surface area contributed by atoms with Gasteiger partial charge < -0.3 is 10.3 Å². The zero-order valence-corrected chi connectivity index (χ0v) is 10.2. The molecule has 6 heteroatoms. The SMILES string of the molecule is CC(C)C(N)c1cncn1C(C)CC(F)(F)F. The molecule has 0 amide bonds. The number of hydrogen-bond acceptors (Lipinski definition) is 2. The van der Waals surface area contributed by atoms with E-state index in [0.29, 0.717) is 5.69 Å². The molecule has 2 atom stereocenters. The lowest BCUT2D eigenvalue weighted by molar-refractivity contribution is -0.141. The summed E-state index contributed by atoms with van der Waals surface area (Å²) in [6, 6.07) is -0.981. The molecular weight excluding hydrogens is 231 g/mol. The molecule has 0 saturated heterocycles. The second-order valence-corrected chi connectivity index (χ2v) is 4.66. The molecule has 0 fully saturated rings. The predicted molar refractivity (Wildman–Crippen MR) is 59.4 cm³/mol. The molecule has 1 heterocycles. The van der Waals surface area contributed by atoms with Gasteiger partial charge in [0.2, 0.25) is 0 Å². The van der Waals surface area contributed by atoms with Gasteiger partial charge in [-0.1, -0.05) is 13.8 Å². The number of hydrogen-bond donors (Lipinski definition) is 1. The normalized spacial score (nSPS) is 16.2. The fraction of sp³-hybridized carbons (Fsp3) is 0.727. The molecule has 0 aliphatic carbocycles. The fourth-order valence-corrected chi connectivity index (χ4v) is 1.72. The number of halogens is 3. The van der Waals surface area contributed by atoms with Gasteiger partial charge in [-0.2, -0.15) is 13.2 Å². The third-order valence-corrected chi connectivity index (χ3v) is 2.76. The molecule has 0 bridgehead atoms. The molecule has 2 unspecified atom stereocenters. The van der Waals surface area contributed by atoms with Crippen LogP contribution in [0.15, 0.2) is 12.5 Å². The molecule has 1 rings (SSSR count). The molecule has 2 N–H and O–H groups in total. The van der Waals surface area contributed by atoms with E-state index in [-0.39, 0.29) is 12.0 Å². The van der Waals surface area contributed by atoms with Gasteiger partial charge in [-0.05, 0) is 12.8 Å². The van der Waals surface area contributed by atoms with E-state index in [0.717, 1.165) is 0 Å². The Morgan fingerprint density at radius 3 is 2.41 bits per heavy atom. The molecule has 1 aromatic heterocycles. The van der Waals surface area contributed by atoms with Crippen molar-refractivity contribution in [3.63, 3.8) is 0 Å². The van der Waals surface area contributed by atoms with Crippen molar-refractivity contribution in [1.82, 2.24) is 9.55 Å². The number of alkyl halides is 3. The van der Waals surface area contributed by atoms with E-state index in [1.165, 1.54) is 24.0 Å². The van der Waals surface area contributed by atoms with E-state index in [1.54, 1.807) is 0 Å². The zero-order chi connectivity index (χ0) is 13.2. The third kappa shape index (κ3) is 3.73. The van der Waals surface area contributed by atoms with E-state index in [4.69, 9.17) is 5.73 Å². The maximum Gasteiger partial charge on any atom is 0.391 e. The van der Waals surface area contributed by atoms with Crippen molar-refractivity contribution in [2.24, 2.45) is 11.7 Å². The molecule has 17 heavy (non-hydrogen) atoms. The Kier molecular flexibility index (Phi) is 4.19. The molecule has 0 aliphatic heterocycles. The van der Waals surface area contributed by atoms with Crippen LogP contribution in [0.4, 0.5) is 13.2 Å². The van der Waals surface area contributed by atoms with Crippen molar-refractivity contribution in [3.05, 3.63) is 18.2 Å². The third-order valence-electron chi connectivity index (χ3n) is 2.76. The van der Waals surface area contributed by atoms with Crippen molar-refractivity contribution in [1.29, 1.82) is 0 Å². The Labute approximate surface area is 98.8 Å². The molecule has 0 spiro atoms. The maximum atomic E-state index is 12.3. The van der Waals surface area contributed by atoms with Crippen LogP contribution in [0.3, 0.4) is 0 Å². The van der Waals surface area contributed by atoms with Crippen LogP contribution in [0.1, 0.15) is 45.0 Å². The second-order valence-electron chi connectivity index (χ2n) is 4.66. The van der Waals surface area contributed by atoms with Gasteiger partial charge in [-0.3, -0.25) is 0 Å². The summed E-state index contributed by atoms with van der Waals surface area (Å²) >= 11 is 0. The lowest BCUT2D eigenvalue weighted by Gasteiger charge is -2.22. The summed E-state index contributed by atoms with van der Waals surface area (Å²) in [5, 5.41) is 0. The van der Waals surface area contributed by atoms with Crippen LogP contribution in [0.2, 0.25) is 0 Å². The average molecular weight is 249 g/mol. The first kappa shape index (κ1) is 14.0. The number of nitrogens with zero attached hydrogens (tertiary/aromatic N) is 2. The number of imidazole rings is 1. The van der Waals surface area contributed by atoms with E-state index in [9.17, 15) is 13.2 Å². The Hall–Kier alpha value is -1.04. The number of rotatable bonds is 4. The monoisotopic (exact) mass is 249 g/mol. The van der Waals surface area contributed by atoms with E-state index >= 15 is 0 Å². The molecule has 0 saturated carbocycles. The van der Waals surface area contributed by atoms with Crippen molar-refractivity contribution < 1.29 is 13.2 Å². The summed E-state index contributed by atoms with van der Waals surface area (Å²) in [6.07, 6.45) is -2.10. The minimum atomic E-state index is -4.18. The van der Waals surface area contributed by atoms with Crippen LogP contribution in [-0.4, -0.2) is 15.7 Å². The molecule has 3 nitrogen and oxygen atoms in total. The minimum Gasteiger partial charge on any atom is -0.330 e. The van der Waals surface area contributed by atoms with E-state index in [1.807, 2.05) is 13.8 Å². The van der Waals surface area contributed by atoms with Crippen LogP contribution in [0.5, 0.6) is 0 Å². The van der Waals surface area contributed by atoms with Crippen LogP contribution in [0.25, 0.3) is 0 Å². The Morgan fingerprint density at radius 2 is 1.94 bits per heavy atom. The standard InChI is InChI=1S/C11H18F3N3/c1-7(2)10(15)9-5-16-6-17(9)8(3)4-11(12,13)14/h5-8,10H,4,15H2,1-3H3. The first-order chi connectivity index (χ1) is 7.72. The Balaban J connectivity index is 2.88. The summed E-state index contributed by atoms with van der Waals surface area (Å²) in [4.78, 5) is 3.89. The van der Waals surface area contributed by atoms with Gasteiger partial charge in [0.1, 0.15) is 0 Å². The largest absolute Gasteiger partial charge is 0.391 e. The topological polar surface area (TPSA) is 43.8 Å². The number of aromatic nitrogens is 2. The van der Waals surface area contributed by atoms with Gasteiger partial charge in [0.15, 0.2) is 0 Å². The number of nitrogens with two attached hydrogens (primary N) is 1. The minimum absolute atomic E-state index is 0.156. The second kappa shape index (κ2) is 5.08. The van der Waals surface area contributed by atoms with Crippen molar-refractivity contribution in [2.45, 2.75) is 45.5 Å². The van der Waals surface area contributed by atoms with Crippen LogP contribution in [-0.2, 0) is 0 Å². The average Bonchev–Trinajstić information content (AvgIpc) is 2.61. The molecule has 0 aliphatic rings. The quantitative estimate of drug-likeness (QED) is 0.891. The van der Waals surface area contributed by atoms with Crippen LogP contribution in [0, 0.1) is 5.92 Å². The summed E-state index contributed by atoms with van der Waals surface area (Å²) in [7, 11) is 0. The maximum absolute atomic E-state index is 12.3. The zero-order valence-electron chi connectivity index (χ0n) is 10.2. The van der Waals surface area contributed by atoms with Gasteiger partial charge in [0.05, 0.1) is 18.4 Å². The first-order valence-electron chi connectivity index (χ1n) is 5.56.